The highest BCUT2D eigenvalue weighted by Gasteiger charge is 2.27. The van der Waals surface area contributed by atoms with Gasteiger partial charge in [0.15, 0.2) is 0 Å². The number of nitrogens with zero attached hydrogens (tertiary/aromatic N) is 1. The number of aliphatic hydroxyl groups is 2. The highest BCUT2D eigenvalue weighted by Crippen LogP contribution is 2.33. The molecule has 3 N–H and O–H groups in total. The van der Waals surface area contributed by atoms with Crippen LogP contribution in [0, 0.1) is 0 Å². The zero-order chi connectivity index (χ0) is 19.7. The highest BCUT2D eigenvalue weighted by molar-refractivity contribution is 7.89. The number of hydrogen-bond acceptors (Lipinski definition) is 5. The lowest BCUT2D eigenvalue weighted by Gasteiger charge is -2.23. The summed E-state index contributed by atoms with van der Waals surface area (Å²) in [7, 11) is -3.75. The first kappa shape index (κ1) is 23.5. The molecule has 26 heavy (non-hydrogen) atoms. The molecule has 0 aromatic heterocycles. The van der Waals surface area contributed by atoms with Gasteiger partial charge in [-0.15, -0.1) is 0 Å². The first-order valence-electron chi connectivity index (χ1n) is 8.79. The molecule has 0 aliphatic carbocycles. The predicted octanol–water partition coefficient (Wildman–Crippen LogP) is 3.35. The molecule has 0 aliphatic rings. The first-order chi connectivity index (χ1) is 12.3. The molecular weight excluding hydrogens is 399 g/mol. The van der Waals surface area contributed by atoms with E-state index >= 15 is 0 Å². The second kappa shape index (κ2) is 11.3. The Bertz CT molecular complexity index is 663. The summed E-state index contributed by atoms with van der Waals surface area (Å²) in [6.45, 7) is 4.57. The molecule has 0 saturated carbocycles. The van der Waals surface area contributed by atoms with Crippen molar-refractivity contribution in [1.29, 1.82) is 0 Å². The molecule has 9 heteroatoms. The summed E-state index contributed by atoms with van der Waals surface area (Å²) < 4.78 is 27.5. The minimum atomic E-state index is -3.75. The van der Waals surface area contributed by atoms with Gasteiger partial charge in [-0.2, -0.15) is 4.31 Å². The van der Waals surface area contributed by atoms with Gasteiger partial charge in [0.1, 0.15) is 4.90 Å². The standard InChI is InChI=1S/C17H28Cl2N2O4S/c1-3-5-7-21(8-6-4-2)26(24,25)17-10-14(18)16(9-15(17)19)20-11-13(23)12-22/h9-10,13,20,22-23H,3-8,11-12H2,1-2H3. The predicted molar refractivity (Wildman–Crippen MR) is 107 cm³/mol. The fourth-order valence-corrected chi connectivity index (χ4v) is 4.65. The summed E-state index contributed by atoms with van der Waals surface area (Å²) in [4.78, 5) is -0.0235. The molecular formula is C17H28Cl2N2O4S. The van der Waals surface area contributed by atoms with Gasteiger partial charge in [0.05, 0.1) is 28.4 Å². The van der Waals surface area contributed by atoms with Gasteiger partial charge in [0, 0.05) is 19.6 Å². The van der Waals surface area contributed by atoms with Crippen LogP contribution in [0.4, 0.5) is 5.69 Å². The minimum Gasteiger partial charge on any atom is -0.394 e. The number of unbranched alkanes of at least 4 members (excludes halogenated alkanes) is 2. The van der Waals surface area contributed by atoms with Gasteiger partial charge < -0.3 is 15.5 Å². The van der Waals surface area contributed by atoms with E-state index in [0.717, 1.165) is 25.7 Å². The lowest BCUT2D eigenvalue weighted by molar-refractivity contribution is 0.105. The van der Waals surface area contributed by atoms with E-state index in [1.54, 1.807) is 0 Å². The van der Waals surface area contributed by atoms with Crippen LogP contribution in [-0.4, -0.2) is 55.3 Å². The third-order valence-electron chi connectivity index (χ3n) is 3.90. The molecule has 150 valence electrons. The smallest absolute Gasteiger partial charge is 0.244 e. The summed E-state index contributed by atoms with van der Waals surface area (Å²) in [5.74, 6) is 0. The number of anilines is 1. The third kappa shape index (κ3) is 6.55. The van der Waals surface area contributed by atoms with Crippen molar-refractivity contribution in [3.05, 3.63) is 22.2 Å². The molecule has 1 aromatic carbocycles. The molecule has 0 aliphatic heterocycles. The zero-order valence-corrected chi connectivity index (χ0v) is 17.5. The molecule has 0 bridgehead atoms. The van der Waals surface area contributed by atoms with Crippen LogP contribution in [0.1, 0.15) is 39.5 Å². The average Bonchev–Trinajstić information content (AvgIpc) is 2.61. The molecule has 1 aromatic rings. The Morgan fingerprint density at radius 1 is 1.12 bits per heavy atom. The van der Waals surface area contributed by atoms with E-state index in [-0.39, 0.29) is 21.5 Å². The number of hydrogen-bond donors (Lipinski definition) is 3. The summed E-state index contributed by atoms with van der Waals surface area (Å²) in [6.07, 6.45) is 2.37. The maximum absolute atomic E-state index is 13.0. The van der Waals surface area contributed by atoms with Gasteiger partial charge >= 0.3 is 0 Å². The van der Waals surface area contributed by atoms with Crippen molar-refractivity contribution in [2.24, 2.45) is 0 Å². The molecule has 1 rings (SSSR count). The van der Waals surface area contributed by atoms with Gasteiger partial charge in [-0.05, 0) is 25.0 Å². The van der Waals surface area contributed by atoms with Crippen LogP contribution in [0.25, 0.3) is 0 Å². The Labute approximate surface area is 166 Å². The number of rotatable bonds is 12. The van der Waals surface area contributed by atoms with Crippen LogP contribution in [0.5, 0.6) is 0 Å². The van der Waals surface area contributed by atoms with E-state index in [9.17, 15) is 13.5 Å². The number of benzene rings is 1. The summed E-state index contributed by atoms with van der Waals surface area (Å²) in [6, 6.07) is 2.76. The van der Waals surface area contributed by atoms with Crippen LogP contribution < -0.4 is 5.32 Å². The van der Waals surface area contributed by atoms with Crippen molar-refractivity contribution < 1.29 is 18.6 Å². The van der Waals surface area contributed by atoms with Crippen molar-refractivity contribution in [1.82, 2.24) is 4.31 Å². The van der Waals surface area contributed by atoms with Gasteiger partial charge in [0.2, 0.25) is 10.0 Å². The molecule has 0 saturated heterocycles. The Morgan fingerprint density at radius 3 is 2.19 bits per heavy atom. The van der Waals surface area contributed by atoms with Crippen LogP contribution in [0.3, 0.4) is 0 Å². The Balaban J connectivity index is 3.12. The second-order valence-corrected chi connectivity index (χ2v) is 8.81. The molecule has 0 heterocycles. The number of sulfonamides is 1. The maximum atomic E-state index is 13.0. The van der Waals surface area contributed by atoms with E-state index in [0.29, 0.717) is 18.8 Å². The Hall–Kier alpha value is -0.570. The largest absolute Gasteiger partial charge is 0.394 e. The van der Waals surface area contributed by atoms with Crippen molar-refractivity contribution in [3.63, 3.8) is 0 Å². The first-order valence-corrected chi connectivity index (χ1v) is 11.0. The zero-order valence-electron chi connectivity index (χ0n) is 15.2. The quantitative estimate of drug-likeness (QED) is 0.476. The number of nitrogens with one attached hydrogen (secondary N) is 1. The third-order valence-corrected chi connectivity index (χ3v) is 6.58. The van der Waals surface area contributed by atoms with E-state index in [1.165, 1.54) is 16.4 Å². The molecule has 0 fully saturated rings. The summed E-state index contributed by atoms with van der Waals surface area (Å²) in [5, 5.41) is 21.4. The van der Waals surface area contributed by atoms with Gasteiger partial charge in [0.25, 0.3) is 0 Å². The molecule has 0 spiro atoms. The fraction of sp³-hybridized carbons (Fsp3) is 0.647. The minimum absolute atomic E-state index is 0.0235. The van der Waals surface area contributed by atoms with Crippen molar-refractivity contribution in [2.45, 2.75) is 50.5 Å². The van der Waals surface area contributed by atoms with Crippen LogP contribution in [0.2, 0.25) is 10.0 Å². The van der Waals surface area contributed by atoms with Gasteiger partial charge in [-0.1, -0.05) is 49.9 Å². The number of halogens is 2. The topological polar surface area (TPSA) is 89.9 Å². The lowest BCUT2D eigenvalue weighted by atomic mass is 10.3. The molecule has 1 unspecified atom stereocenters. The highest BCUT2D eigenvalue weighted by atomic mass is 35.5. The normalized spacial score (nSPS) is 13.2. The molecule has 0 radical (unpaired) electrons. The van der Waals surface area contributed by atoms with E-state index in [4.69, 9.17) is 28.3 Å². The van der Waals surface area contributed by atoms with Crippen molar-refractivity contribution in [3.8, 4) is 0 Å². The summed E-state index contributed by atoms with van der Waals surface area (Å²) >= 11 is 12.4. The maximum Gasteiger partial charge on any atom is 0.244 e. The van der Waals surface area contributed by atoms with Crippen LogP contribution >= 0.6 is 23.2 Å². The number of aliphatic hydroxyl groups excluding tert-OH is 2. The van der Waals surface area contributed by atoms with Gasteiger partial charge in [-0.3, -0.25) is 0 Å². The molecule has 6 nitrogen and oxygen atoms in total. The van der Waals surface area contributed by atoms with Crippen LogP contribution in [-0.2, 0) is 10.0 Å². The van der Waals surface area contributed by atoms with E-state index in [2.05, 4.69) is 5.32 Å². The van der Waals surface area contributed by atoms with Gasteiger partial charge in [-0.25, -0.2) is 8.42 Å². The van der Waals surface area contributed by atoms with E-state index in [1.807, 2.05) is 13.8 Å². The average molecular weight is 427 g/mol. The Morgan fingerprint density at radius 2 is 1.69 bits per heavy atom. The van der Waals surface area contributed by atoms with Crippen molar-refractivity contribution in [2.75, 3.05) is 31.6 Å². The van der Waals surface area contributed by atoms with E-state index < -0.39 is 22.7 Å². The summed E-state index contributed by atoms with van der Waals surface area (Å²) in [5.41, 5.74) is 0.400. The van der Waals surface area contributed by atoms with Crippen LogP contribution in [0.15, 0.2) is 17.0 Å². The second-order valence-electron chi connectivity index (χ2n) is 6.09. The Kier molecular flexibility index (Phi) is 10.2. The lowest BCUT2D eigenvalue weighted by Crippen LogP contribution is -2.33. The molecule has 0 amide bonds. The van der Waals surface area contributed by atoms with Crippen molar-refractivity contribution >= 4 is 38.9 Å². The molecule has 1 atom stereocenters. The monoisotopic (exact) mass is 426 g/mol. The SMILES string of the molecule is CCCCN(CCCC)S(=O)(=O)c1cc(Cl)c(NCC(O)CO)cc1Cl. The fourth-order valence-electron chi connectivity index (χ4n) is 2.31.